The molecule has 0 saturated carbocycles. The van der Waals surface area contributed by atoms with Crippen molar-refractivity contribution >= 4 is 46.5 Å². The summed E-state index contributed by atoms with van der Waals surface area (Å²) in [6.07, 6.45) is 2.86. The van der Waals surface area contributed by atoms with Crippen molar-refractivity contribution in [2.75, 3.05) is 126 Å². The SMILES string of the molecule is CCCC(=O)NCCCOCCOCCOCCCNC(=O)c1cc2ccc(C)cc2oc1=O.COCC(=O)NCCOCCOCCOCCOCCC(=O)ON1C(=O)CCC1=O. The molecule has 0 atom stereocenters. The molecule has 2 heterocycles. The number of hydrogen-bond donors (Lipinski definition) is 3. The Hall–Kier alpha value is -4.87. The highest BCUT2D eigenvalue weighted by Crippen LogP contribution is 2.15. The molecule has 0 aliphatic carbocycles. The van der Waals surface area contributed by atoms with E-state index in [0.717, 1.165) is 18.4 Å². The number of imide groups is 1. The van der Waals surface area contributed by atoms with Crippen LogP contribution in [-0.2, 0) is 66.7 Å². The maximum absolute atomic E-state index is 12.3. The molecule has 1 aliphatic heterocycles. The lowest BCUT2D eigenvalue weighted by Gasteiger charge is -2.12. The Morgan fingerprint density at radius 1 is 0.625 bits per heavy atom. The van der Waals surface area contributed by atoms with Crippen LogP contribution in [0.1, 0.15) is 67.8 Å². The Kier molecular flexibility index (Phi) is 30.6. The second-order valence-corrected chi connectivity index (χ2v) is 13.9. The highest BCUT2D eigenvalue weighted by Gasteiger charge is 2.32. The van der Waals surface area contributed by atoms with Crippen molar-refractivity contribution in [2.45, 2.75) is 58.8 Å². The molecule has 64 heavy (non-hydrogen) atoms. The Morgan fingerprint density at radius 3 is 1.70 bits per heavy atom. The molecule has 1 aromatic heterocycles. The van der Waals surface area contributed by atoms with Crippen molar-refractivity contribution in [3.05, 3.63) is 45.8 Å². The summed E-state index contributed by atoms with van der Waals surface area (Å²) in [6, 6.07) is 7.04. The van der Waals surface area contributed by atoms with Gasteiger partial charge in [0.2, 0.25) is 11.8 Å². The summed E-state index contributed by atoms with van der Waals surface area (Å²) in [6.45, 7) is 11.0. The molecule has 2 aromatic rings. The van der Waals surface area contributed by atoms with Crippen molar-refractivity contribution in [1.29, 1.82) is 0 Å². The van der Waals surface area contributed by atoms with E-state index in [1.54, 1.807) is 12.1 Å². The van der Waals surface area contributed by atoms with E-state index in [0.29, 0.717) is 128 Å². The molecule has 0 unspecified atom stereocenters. The van der Waals surface area contributed by atoms with Crippen molar-refractivity contribution < 1.29 is 75.9 Å². The number of methoxy groups -OCH3 is 1. The standard InChI is InChI=1S/C25H36N2O7.C18H30N2O10/c1-3-6-23(28)26-9-4-11-31-13-15-33-16-14-32-12-5-10-27-24(29)21-18-20-8-7-19(2)17-22(20)34-25(21)30;1-25-14-15(21)19-5-7-27-9-11-29-13-12-28-10-8-26-6-4-18(24)30-20-16(22)2-3-17(20)23/h7-8,17-18H,3-6,9-16H2,1-2H3,(H,26,28)(H,27,29);2-14H2,1H3,(H,19,21). The third-order valence-electron chi connectivity index (χ3n) is 8.51. The number of hydroxylamine groups is 2. The van der Waals surface area contributed by atoms with Gasteiger partial charge in [-0.2, -0.15) is 0 Å². The minimum Gasteiger partial charge on any atom is -0.422 e. The molecule has 360 valence electrons. The number of nitrogens with zero attached hydrogens (tertiary/aromatic N) is 1. The lowest BCUT2D eigenvalue weighted by atomic mass is 10.1. The van der Waals surface area contributed by atoms with Crippen LogP contribution in [0.5, 0.6) is 0 Å². The van der Waals surface area contributed by atoms with E-state index in [1.165, 1.54) is 7.11 Å². The molecule has 0 radical (unpaired) electrons. The van der Waals surface area contributed by atoms with Gasteiger partial charge in [0.05, 0.1) is 85.7 Å². The molecule has 0 spiro atoms. The average Bonchev–Trinajstić information content (AvgIpc) is 3.58. The smallest absolute Gasteiger partial charge is 0.349 e. The van der Waals surface area contributed by atoms with Crippen LogP contribution in [0.2, 0.25) is 0 Å². The number of aryl methyl sites for hydroxylation is 1. The lowest BCUT2D eigenvalue weighted by molar-refractivity contribution is -0.198. The van der Waals surface area contributed by atoms with Crippen LogP contribution in [-0.4, -0.2) is 166 Å². The Balaban J connectivity index is 0.000000444. The van der Waals surface area contributed by atoms with Gasteiger partial charge in [-0.3, -0.25) is 24.0 Å². The number of ether oxygens (including phenoxy) is 8. The first-order valence-corrected chi connectivity index (χ1v) is 21.5. The van der Waals surface area contributed by atoms with Gasteiger partial charge in [-0.1, -0.05) is 19.1 Å². The number of hydrogen-bond acceptors (Lipinski definition) is 17. The van der Waals surface area contributed by atoms with Crippen LogP contribution < -0.4 is 21.6 Å². The van der Waals surface area contributed by atoms with Crippen molar-refractivity contribution in [3.8, 4) is 0 Å². The van der Waals surface area contributed by atoms with E-state index in [4.69, 9.17) is 42.4 Å². The second kappa shape index (κ2) is 35.5. The molecule has 21 nitrogen and oxygen atoms in total. The molecule has 3 rings (SSSR count). The van der Waals surface area contributed by atoms with Crippen LogP contribution in [0.4, 0.5) is 0 Å². The minimum absolute atomic E-state index is 0.00543. The van der Waals surface area contributed by atoms with Gasteiger partial charge in [0.25, 0.3) is 17.7 Å². The van der Waals surface area contributed by atoms with Gasteiger partial charge in [0.15, 0.2) is 0 Å². The number of fused-ring (bicyclic) bond motifs is 1. The minimum atomic E-state index is -0.701. The summed E-state index contributed by atoms with van der Waals surface area (Å²) < 4.78 is 47.4. The number of rotatable bonds is 35. The van der Waals surface area contributed by atoms with Crippen LogP contribution in [0.25, 0.3) is 11.0 Å². The summed E-state index contributed by atoms with van der Waals surface area (Å²) >= 11 is 0. The zero-order chi connectivity index (χ0) is 46.6. The summed E-state index contributed by atoms with van der Waals surface area (Å²) in [4.78, 5) is 85.6. The van der Waals surface area contributed by atoms with Crippen molar-refractivity contribution in [2.24, 2.45) is 0 Å². The second-order valence-electron chi connectivity index (χ2n) is 13.9. The van der Waals surface area contributed by atoms with Gasteiger partial charge in [-0.05, 0) is 43.9 Å². The Morgan fingerprint density at radius 2 is 1.14 bits per heavy atom. The largest absolute Gasteiger partial charge is 0.422 e. The quantitative estimate of drug-likeness (QED) is 0.0502. The highest BCUT2D eigenvalue weighted by atomic mass is 16.7. The molecule has 0 bridgehead atoms. The third kappa shape index (κ3) is 26.0. The number of carbonyl (C=O) groups excluding carboxylic acids is 6. The zero-order valence-corrected chi connectivity index (χ0v) is 37.4. The third-order valence-corrected chi connectivity index (χ3v) is 8.51. The topological polar surface area (TPSA) is 255 Å². The number of nitrogens with one attached hydrogen (secondary N) is 3. The van der Waals surface area contributed by atoms with Crippen LogP contribution in [0.3, 0.4) is 0 Å². The van der Waals surface area contributed by atoms with Gasteiger partial charge in [0.1, 0.15) is 17.8 Å². The average molecular weight is 911 g/mol. The predicted molar refractivity (Wildman–Crippen MR) is 229 cm³/mol. The van der Waals surface area contributed by atoms with Crippen molar-refractivity contribution in [1.82, 2.24) is 21.0 Å². The Bertz CT molecular complexity index is 1720. The van der Waals surface area contributed by atoms with E-state index in [2.05, 4.69) is 20.7 Å². The fraction of sp³-hybridized carbons (Fsp3) is 0.651. The van der Waals surface area contributed by atoms with Gasteiger partial charge in [-0.25, -0.2) is 9.59 Å². The molecule has 5 amide bonds. The molecule has 1 aromatic carbocycles. The lowest BCUT2D eigenvalue weighted by Crippen LogP contribution is -2.32. The molecule has 1 aliphatic rings. The van der Waals surface area contributed by atoms with E-state index in [1.807, 2.05) is 26.0 Å². The monoisotopic (exact) mass is 910 g/mol. The fourth-order valence-corrected chi connectivity index (χ4v) is 5.27. The van der Waals surface area contributed by atoms with E-state index in [-0.39, 0.29) is 56.5 Å². The van der Waals surface area contributed by atoms with Gasteiger partial charge in [-0.15, -0.1) is 5.06 Å². The summed E-state index contributed by atoms with van der Waals surface area (Å²) in [5.74, 6) is -2.28. The molecule has 1 fully saturated rings. The Labute approximate surface area is 373 Å². The number of amides is 5. The fourth-order valence-electron chi connectivity index (χ4n) is 5.27. The van der Waals surface area contributed by atoms with E-state index >= 15 is 0 Å². The molecular formula is C43H66N4O17. The normalized spacial score (nSPS) is 12.3. The van der Waals surface area contributed by atoms with Gasteiger partial charge in [0, 0.05) is 64.6 Å². The first-order valence-electron chi connectivity index (χ1n) is 21.5. The zero-order valence-electron chi connectivity index (χ0n) is 37.4. The van der Waals surface area contributed by atoms with Crippen LogP contribution in [0.15, 0.2) is 33.5 Å². The maximum atomic E-state index is 12.3. The summed E-state index contributed by atoms with van der Waals surface area (Å²) in [5.41, 5.74) is 0.796. The van der Waals surface area contributed by atoms with Crippen molar-refractivity contribution in [3.63, 3.8) is 0 Å². The van der Waals surface area contributed by atoms with E-state index < -0.39 is 29.3 Å². The molecule has 1 saturated heterocycles. The summed E-state index contributed by atoms with van der Waals surface area (Å²) in [5, 5.41) is 9.41. The highest BCUT2D eigenvalue weighted by molar-refractivity contribution is 6.01. The maximum Gasteiger partial charge on any atom is 0.349 e. The molecular weight excluding hydrogens is 844 g/mol. The summed E-state index contributed by atoms with van der Waals surface area (Å²) in [7, 11) is 1.45. The number of carbonyl (C=O) groups is 6. The van der Waals surface area contributed by atoms with Crippen LogP contribution in [0, 0.1) is 6.92 Å². The van der Waals surface area contributed by atoms with Gasteiger partial charge < -0.3 is 63.1 Å². The van der Waals surface area contributed by atoms with E-state index in [9.17, 15) is 33.6 Å². The van der Waals surface area contributed by atoms with Crippen LogP contribution >= 0.6 is 0 Å². The molecule has 3 N–H and O–H groups in total. The first kappa shape index (κ1) is 55.3. The predicted octanol–water partition coefficient (Wildman–Crippen LogP) is 1.39. The molecule has 21 heteroatoms. The van der Waals surface area contributed by atoms with Gasteiger partial charge >= 0.3 is 11.6 Å². The number of benzene rings is 1. The first-order chi connectivity index (χ1) is 31.0.